The number of allylic oxidation sites excluding steroid dienone is 4. The molecule has 0 spiro atoms. The number of rotatable bonds is 7. The Morgan fingerprint density at radius 3 is 2.13 bits per heavy atom. The second kappa shape index (κ2) is 12.4. The molecular weight excluding hydrogens is 288 g/mol. The summed E-state index contributed by atoms with van der Waals surface area (Å²) in [5, 5.41) is 8.97. The smallest absolute Gasteiger partial charge is 0.142 e. The van der Waals surface area contributed by atoms with E-state index in [1.165, 1.54) is 5.57 Å². The van der Waals surface area contributed by atoms with Crippen LogP contribution in [0.5, 0.6) is 5.75 Å². The summed E-state index contributed by atoms with van der Waals surface area (Å²) in [6, 6.07) is 6.93. The molecule has 0 atom stereocenters. The Kier molecular flexibility index (Phi) is 11.2. The predicted octanol–water partition coefficient (Wildman–Crippen LogP) is 4.79. The Bertz CT molecular complexity index is 533. The highest BCUT2D eigenvalue weighted by molar-refractivity contribution is 5.75. The minimum Gasteiger partial charge on any atom is -0.508 e. The number of phenols is 1. The zero-order chi connectivity index (χ0) is 17.7. The molecule has 3 nitrogen and oxygen atoms in total. The molecule has 0 unspecified atom stereocenters. The zero-order valence-electron chi connectivity index (χ0n) is 14.6. The minimum absolute atomic E-state index is 0.197. The molecule has 1 N–H and O–H groups in total. The number of aldehydes is 1. The molecular formula is C20H28O3. The molecule has 0 amide bonds. The van der Waals surface area contributed by atoms with Gasteiger partial charge in [0.25, 0.3) is 0 Å². The van der Waals surface area contributed by atoms with E-state index in [9.17, 15) is 9.59 Å². The first kappa shape index (κ1) is 20.8. The Balaban J connectivity index is 0.000000423. The van der Waals surface area contributed by atoms with Crippen molar-refractivity contribution < 1.29 is 14.7 Å². The van der Waals surface area contributed by atoms with Crippen LogP contribution in [0.4, 0.5) is 0 Å². The van der Waals surface area contributed by atoms with Crippen LogP contribution in [-0.2, 0) is 16.0 Å². The van der Waals surface area contributed by atoms with Crippen molar-refractivity contribution in [2.45, 2.75) is 53.4 Å². The summed E-state index contributed by atoms with van der Waals surface area (Å²) in [4.78, 5) is 20.7. The van der Waals surface area contributed by atoms with Crippen LogP contribution in [0.3, 0.4) is 0 Å². The third kappa shape index (κ3) is 13.2. The maximum atomic E-state index is 10.6. The van der Waals surface area contributed by atoms with Crippen molar-refractivity contribution in [3.05, 3.63) is 53.1 Å². The molecule has 0 aliphatic rings. The molecule has 0 bridgehead atoms. The van der Waals surface area contributed by atoms with Gasteiger partial charge in [-0.05, 0) is 70.7 Å². The van der Waals surface area contributed by atoms with Gasteiger partial charge in [-0.2, -0.15) is 0 Å². The summed E-state index contributed by atoms with van der Waals surface area (Å²) in [7, 11) is 0. The quantitative estimate of drug-likeness (QED) is 0.447. The second-order valence-electron chi connectivity index (χ2n) is 5.84. The number of benzene rings is 1. The fourth-order valence-electron chi connectivity index (χ4n) is 1.77. The number of ketones is 1. The van der Waals surface area contributed by atoms with Crippen LogP contribution < -0.4 is 0 Å². The fraction of sp³-hybridized carbons (Fsp3) is 0.400. The molecule has 0 fully saturated rings. The van der Waals surface area contributed by atoms with E-state index in [4.69, 9.17) is 5.11 Å². The SMILES string of the molecule is CC(=O)CCc1ccc(O)cc1.CC(C)=CCCC(C)=CC=O. The summed E-state index contributed by atoms with van der Waals surface area (Å²) in [5.74, 6) is 0.463. The van der Waals surface area contributed by atoms with Crippen molar-refractivity contribution in [1.29, 1.82) is 0 Å². The first-order valence-corrected chi connectivity index (χ1v) is 7.86. The third-order valence-corrected chi connectivity index (χ3v) is 3.15. The number of aromatic hydroxyl groups is 1. The van der Waals surface area contributed by atoms with Crippen molar-refractivity contribution in [2.24, 2.45) is 0 Å². The zero-order valence-corrected chi connectivity index (χ0v) is 14.6. The maximum absolute atomic E-state index is 10.6. The van der Waals surface area contributed by atoms with Crippen molar-refractivity contribution in [3.8, 4) is 5.75 Å². The largest absolute Gasteiger partial charge is 0.508 e. The Labute approximate surface area is 139 Å². The van der Waals surface area contributed by atoms with E-state index in [1.807, 2.05) is 19.1 Å². The Hall–Kier alpha value is -2.16. The topological polar surface area (TPSA) is 54.4 Å². The Morgan fingerprint density at radius 1 is 1.04 bits per heavy atom. The van der Waals surface area contributed by atoms with Crippen LogP contribution in [0.1, 0.15) is 52.5 Å². The Morgan fingerprint density at radius 2 is 1.65 bits per heavy atom. The molecule has 1 rings (SSSR count). The van der Waals surface area contributed by atoms with Crippen molar-refractivity contribution in [3.63, 3.8) is 0 Å². The monoisotopic (exact) mass is 316 g/mol. The van der Waals surface area contributed by atoms with E-state index < -0.39 is 0 Å². The van der Waals surface area contributed by atoms with Gasteiger partial charge >= 0.3 is 0 Å². The summed E-state index contributed by atoms with van der Waals surface area (Å²) in [6.07, 6.45) is 8.02. The third-order valence-electron chi connectivity index (χ3n) is 3.15. The lowest BCUT2D eigenvalue weighted by molar-refractivity contribution is -0.117. The van der Waals surface area contributed by atoms with E-state index in [2.05, 4.69) is 19.9 Å². The van der Waals surface area contributed by atoms with Crippen LogP contribution in [0.25, 0.3) is 0 Å². The van der Waals surface area contributed by atoms with Gasteiger partial charge in [-0.25, -0.2) is 0 Å². The molecule has 0 radical (unpaired) electrons. The van der Waals surface area contributed by atoms with Crippen LogP contribution in [0, 0.1) is 0 Å². The molecule has 1 aromatic rings. The van der Waals surface area contributed by atoms with Crippen molar-refractivity contribution >= 4 is 12.1 Å². The van der Waals surface area contributed by atoms with Crippen LogP contribution in [0.2, 0.25) is 0 Å². The summed E-state index contributed by atoms with van der Waals surface area (Å²) >= 11 is 0. The van der Waals surface area contributed by atoms with E-state index in [0.29, 0.717) is 6.42 Å². The van der Waals surface area contributed by atoms with Gasteiger partial charge in [0, 0.05) is 6.42 Å². The number of carbonyl (C=O) groups is 2. The summed E-state index contributed by atoms with van der Waals surface area (Å²) in [5.41, 5.74) is 3.57. The molecule has 0 aromatic heterocycles. The van der Waals surface area contributed by atoms with Crippen molar-refractivity contribution in [1.82, 2.24) is 0 Å². The van der Waals surface area contributed by atoms with Gasteiger partial charge in [0.2, 0.25) is 0 Å². The highest BCUT2D eigenvalue weighted by Crippen LogP contribution is 2.11. The second-order valence-corrected chi connectivity index (χ2v) is 5.84. The average Bonchev–Trinajstić information content (AvgIpc) is 2.47. The normalized spacial score (nSPS) is 10.3. The molecule has 126 valence electrons. The van der Waals surface area contributed by atoms with Gasteiger partial charge in [-0.15, -0.1) is 0 Å². The van der Waals surface area contributed by atoms with Crippen LogP contribution in [-0.4, -0.2) is 17.2 Å². The van der Waals surface area contributed by atoms with Crippen LogP contribution >= 0.6 is 0 Å². The number of Topliss-reactive ketones (excluding diaryl/α,β-unsaturated/α-hetero) is 1. The number of aryl methyl sites for hydroxylation is 1. The lowest BCUT2D eigenvalue weighted by Gasteiger charge is -1.98. The molecule has 0 aliphatic heterocycles. The predicted molar refractivity (Wildman–Crippen MR) is 95.6 cm³/mol. The van der Waals surface area contributed by atoms with Gasteiger partial charge in [0.1, 0.15) is 17.8 Å². The average molecular weight is 316 g/mol. The molecule has 23 heavy (non-hydrogen) atoms. The van der Waals surface area contributed by atoms with Crippen LogP contribution in [0.15, 0.2) is 47.6 Å². The van der Waals surface area contributed by atoms with Gasteiger partial charge in [-0.3, -0.25) is 4.79 Å². The van der Waals surface area contributed by atoms with Crippen molar-refractivity contribution in [2.75, 3.05) is 0 Å². The maximum Gasteiger partial charge on any atom is 0.142 e. The van der Waals surface area contributed by atoms with E-state index in [-0.39, 0.29) is 11.5 Å². The summed E-state index contributed by atoms with van der Waals surface area (Å²) in [6.45, 7) is 7.73. The standard InChI is InChI=1S/C10H12O2.C10H16O/c1-8(11)2-3-9-4-6-10(12)7-5-9;1-9(2)5-4-6-10(3)7-8-11/h4-7,12H,2-3H2,1H3;5,7-8H,4,6H2,1-3H3. The number of hydrogen-bond donors (Lipinski definition) is 1. The van der Waals surface area contributed by atoms with E-state index in [1.54, 1.807) is 25.1 Å². The lowest BCUT2D eigenvalue weighted by Crippen LogP contribution is -1.93. The highest BCUT2D eigenvalue weighted by atomic mass is 16.3. The molecule has 0 heterocycles. The highest BCUT2D eigenvalue weighted by Gasteiger charge is 1.96. The molecule has 1 aromatic carbocycles. The molecule has 3 heteroatoms. The molecule has 0 saturated heterocycles. The lowest BCUT2D eigenvalue weighted by atomic mass is 10.1. The number of phenolic OH excluding ortho intramolecular Hbond substituents is 1. The fourth-order valence-corrected chi connectivity index (χ4v) is 1.77. The molecule has 0 saturated carbocycles. The van der Waals surface area contributed by atoms with Gasteiger partial charge in [0.05, 0.1) is 0 Å². The molecule has 0 aliphatic carbocycles. The van der Waals surface area contributed by atoms with E-state index in [0.717, 1.165) is 36.7 Å². The summed E-state index contributed by atoms with van der Waals surface area (Å²) < 4.78 is 0. The van der Waals surface area contributed by atoms with Gasteiger partial charge < -0.3 is 9.90 Å². The first-order chi connectivity index (χ1) is 10.8. The van der Waals surface area contributed by atoms with Gasteiger partial charge in [-0.1, -0.05) is 29.4 Å². The van der Waals surface area contributed by atoms with E-state index >= 15 is 0 Å². The number of carbonyl (C=O) groups excluding carboxylic acids is 2. The first-order valence-electron chi connectivity index (χ1n) is 7.86. The minimum atomic E-state index is 0.197. The van der Waals surface area contributed by atoms with Gasteiger partial charge in [0.15, 0.2) is 0 Å². The number of hydrogen-bond acceptors (Lipinski definition) is 3.